The molecule has 0 N–H and O–H groups in total. The van der Waals surface area contributed by atoms with Crippen molar-refractivity contribution in [3.8, 4) is 5.75 Å². The molecule has 0 saturated carbocycles. The minimum Gasteiger partial charge on any atom is -0.485 e. The van der Waals surface area contributed by atoms with E-state index >= 15 is 0 Å². The summed E-state index contributed by atoms with van der Waals surface area (Å²) in [6.45, 7) is 3.72. The number of hydrogen-bond donors (Lipinski definition) is 0. The molecule has 0 atom stereocenters. The van der Waals surface area contributed by atoms with Gasteiger partial charge in [0.05, 0.1) is 11.3 Å². The lowest BCUT2D eigenvalue weighted by Gasteiger charge is -2.05. The number of carbonyl (C=O) groups is 1. The normalized spacial score (nSPS) is 10.6. The molecule has 8 nitrogen and oxygen atoms in total. The Morgan fingerprint density at radius 3 is 2.50 bits per heavy atom. The van der Waals surface area contributed by atoms with Gasteiger partial charge in [0.25, 0.3) is 0 Å². The van der Waals surface area contributed by atoms with E-state index < -0.39 is 5.97 Å². The first-order valence-electron chi connectivity index (χ1n) is 7.21. The van der Waals surface area contributed by atoms with Crippen LogP contribution in [0.3, 0.4) is 0 Å². The van der Waals surface area contributed by atoms with Crippen molar-refractivity contribution >= 4 is 5.97 Å². The lowest BCUT2D eigenvalue weighted by molar-refractivity contribution is 0.0437. The Morgan fingerprint density at radius 2 is 1.88 bits per heavy atom. The van der Waals surface area contributed by atoms with Crippen LogP contribution in [0.4, 0.5) is 0 Å². The maximum Gasteiger partial charge on any atom is 0.338 e. The average Bonchev–Trinajstić information content (AvgIpc) is 3.19. The highest BCUT2D eigenvalue weighted by Crippen LogP contribution is 2.15. The minimum atomic E-state index is -0.454. The van der Waals surface area contributed by atoms with Gasteiger partial charge in [0.1, 0.15) is 5.75 Å². The fraction of sp³-hybridized carbons (Fsp3) is 0.250. The van der Waals surface area contributed by atoms with Crippen molar-refractivity contribution in [3.05, 3.63) is 59.1 Å². The Balaban J connectivity index is 1.52. The van der Waals surface area contributed by atoms with Crippen LogP contribution >= 0.6 is 0 Å². The quantitative estimate of drug-likeness (QED) is 0.636. The Bertz CT molecular complexity index is 822. The number of carbonyl (C=O) groups excluding carboxylic acids is 1. The molecule has 0 spiro atoms. The number of nitrogens with zero attached hydrogens (tertiary/aromatic N) is 3. The summed E-state index contributed by atoms with van der Waals surface area (Å²) in [6.07, 6.45) is 0. The predicted octanol–water partition coefficient (Wildman–Crippen LogP) is 2.61. The standard InChI is InChI=1S/C16H15N3O5/c1-10-7-14(24-18-10)8-22-16(20)12-3-5-13(6-4-12)21-9-15-17-11(2)23-19-15/h3-7H,8-9H2,1-2H3. The number of hydrogen-bond acceptors (Lipinski definition) is 8. The third kappa shape index (κ3) is 3.97. The van der Waals surface area contributed by atoms with E-state index in [0.29, 0.717) is 28.8 Å². The number of aromatic nitrogens is 3. The van der Waals surface area contributed by atoms with Crippen molar-refractivity contribution in [1.82, 2.24) is 15.3 Å². The molecular weight excluding hydrogens is 314 g/mol. The number of esters is 1. The summed E-state index contributed by atoms with van der Waals surface area (Å²) in [4.78, 5) is 16.0. The summed E-state index contributed by atoms with van der Waals surface area (Å²) in [5.74, 6) is 1.56. The van der Waals surface area contributed by atoms with Gasteiger partial charge in [0.2, 0.25) is 11.7 Å². The molecule has 0 amide bonds. The van der Waals surface area contributed by atoms with Gasteiger partial charge in [0, 0.05) is 13.0 Å². The number of benzene rings is 1. The lowest BCUT2D eigenvalue weighted by atomic mass is 10.2. The highest BCUT2D eigenvalue weighted by atomic mass is 16.5. The van der Waals surface area contributed by atoms with Gasteiger partial charge >= 0.3 is 5.97 Å². The second-order valence-corrected chi connectivity index (χ2v) is 5.05. The third-order valence-electron chi connectivity index (χ3n) is 3.05. The first-order valence-corrected chi connectivity index (χ1v) is 7.21. The van der Waals surface area contributed by atoms with E-state index in [1.807, 2.05) is 0 Å². The van der Waals surface area contributed by atoms with Gasteiger partial charge < -0.3 is 18.5 Å². The van der Waals surface area contributed by atoms with E-state index in [1.165, 1.54) is 0 Å². The molecule has 0 aliphatic carbocycles. The molecule has 0 unspecified atom stereocenters. The lowest BCUT2D eigenvalue weighted by Crippen LogP contribution is -2.05. The van der Waals surface area contributed by atoms with Gasteiger partial charge in [-0.2, -0.15) is 4.98 Å². The van der Waals surface area contributed by atoms with Gasteiger partial charge in [-0.15, -0.1) is 0 Å². The van der Waals surface area contributed by atoms with Crippen LogP contribution in [0.5, 0.6) is 5.75 Å². The van der Waals surface area contributed by atoms with Gasteiger partial charge in [-0.1, -0.05) is 10.3 Å². The predicted molar refractivity (Wildman–Crippen MR) is 80.2 cm³/mol. The van der Waals surface area contributed by atoms with Crippen LogP contribution in [0.2, 0.25) is 0 Å². The van der Waals surface area contributed by atoms with Crippen LogP contribution in [-0.4, -0.2) is 21.3 Å². The van der Waals surface area contributed by atoms with Crippen LogP contribution in [0.1, 0.15) is 33.5 Å². The van der Waals surface area contributed by atoms with Crippen LogP contribution < -0.4 is 4.74 Å². The van der Waals surface area contributed by atoms with Gasteiger partial charge in [-0.05, 0) is 31.2 Å². The fourth-order valence-electron chi connectivity index (χ4n) is 1.94. The monoisotopic (exact) mass is 329 g/mol. The van der Waals surface area contributed by atoms with E-state index in [4.69, 9.17) is 18.5 Å². The molecule has 1 aromatic carbocycles. The van der Waals surface area contributed by atoms with Gasteiger partial charge in [-0.25, -0.2) is 4.79 Å². The van der Waals surface area contributed by atoms with E-state index in [1.54, 1.807) is 44.2 Å². The molecule has 124 valence electrons. The van der Waals surface area contributed by atoms with E-state index in [2.05, 4.69) is 15.3 Å². The Labute approximate surface area is 137 Å². The molecule has 3 aromatic rings. The van der Waals surface area contributed by atoms with Crippen molar-refractivity contribution in [3.63, 3.8) is 0 Å². The second-order valence-electron chi connectivity index (χ2n) is 5.05. The van der Waals surface area contributed by atoms with E-state index in [-0.39, 0.29) is 13.2 Å². The summed E-state index contributed by atoms with van der Waals surface area (Å²) in [5, 5.41) is 7.46. The maximum absolute atomic E-state index is 12.0. The molecule has 2 aromatic heterocycles. The molecule has 0 bridgehead atoms. The number of aryl methyl sites for hydroxylation is 2. The first kappa shape index (κ1) is 15.7. The van der Waals surface area contributed by atoms with Gasteiger partial charge in [0.15, 0.2) is 19.0 Å². The van der Waals surface area contributed by atoms with Crippen molar-refractivity contribution < 1.29 is 23.3 Å². The molecule has 0 fully saturated rings. The zero-order chi connectivity index (χ0) is 16.9. The Hall–Kier alpha value is -3.16. The second kappa shape index (κ2) is 6.95. The summed E-state index contributed by atoms with van der Waals surface area (Å²) < 4.78 is 20.5. The molecule has 24 heavy (non-hydrogen) atoms. The largest absolute Gasteiger partial charge is 0.485 e. The van der Waals surface area contributed by atoms with Crippen LogP contribution in [0, 0.1) is 13.8 Å². The van der Waals surface area contributed by atoms with Crippen LogP contribution in [-0.2, 0) is 18.0 Å². The smallest absolute Gasteiger partial charge is 0.338 e. The molecule has 0 aliphatic rings. The maximum atomic E-state index is 12.0. The molecule has 8 heteroatoms. The fourth-order valence-corrected chi connectivity index (χ4v) is 1.94. The molecule has 0 radical (unpaired) electrons. The van der Waals surface area contributed by atoms with Crippen molar-refractivity contribution in [2.24, 2.45) is 0 Å². The van der Waals surface area contributed by atoms with Gasteiger partial charge in [-0.3, -0.25) is 0 Å². The van der Waals surface area contributed by atoms with E-state index in [9.17, 15) is 4.79 Å². The molecule has 0 saturated heterocycles. The minimum absolute atomic E-state index is 0.0368. The Morgan fingerprint density at radius 1 is 1.08 bits per heavy atom. The average molecular weight is 329 g/mol. The van der Waals surface area contributed by atoms with E-state index in [0.717, 1.165) is 5.69 Å². The highest BCUT2D eigenvalue weighted by molar-refractivity contribution is 5.89. The van der Waals surface area contributed by atoms with Crippen molar-refractivity contribution in [1.29, 1.82) is 0 Å². The molecule has 3 rings (SSSR count). The number of rotatable bonds is 6. The van der Waals surface area contributed by atoms with Crippen molar-refractivity contribution in [2.45, 2.75) is 27.1 Å². The zero-order valence-electron chi connectivity index (χ0n) is 13.2. The molecule has 0 aliphatic heterocycles. The first-order chi connectivity index (χ1) is 11.6. The Kier molecular flexibility index (Phi) is 4.55. The third-order valence-corrected chi connectivity index (χ3v) is 3.05. The summed E-state index contributed by atoms with van der Waals surface area (Å²) in [7, 11) is 0. The molecule has 2 heterocycles. The zero-order valence-corrected chi connectivity index (χ0v) is 13.2. The number of ether oxygens (including phenoxy) is 2. The summed E-state index contributed by atoms with van der Waals surface area (Å²) in [5.41, 5.74) is 1.15. The van der Waals surface area contributed by atoms with Crippen LogP contribution in [0.15, 0.2) is 39.4 Å². The SMILES string of the molecule is Cc1cc(COC(=O)c2ccc(OCc3noc(C)n3)cc2)on1. The summed E-state index contributed by atoms with van der Waals surface area (Å²) >= 11 is 0. The topological polar surface area (TPSA) is 100 Å². The molecular formula is C16H15N3O5. The van der Waals surface area contributed by atoms with Crippen molar-refractivity contribution in [2.75, 3.05) is 0 Å². The summed E-state index contributed by atoms with van der Waals surface area (Å²) in [6, 6.07) is 8.28. The van der Waals surface area contributed by atoms with Crippen LogP contribution in [0.25, 0.3) is 0 Å². The highest BCUT2D eigenvalue weighted by Gasteiger charge is 2.10.